The molecule has 0 heterocycles. The van der Waals surface area contributed by atoms with Crippen LogP contribution in [0.4, 0.5) is 14.5 Å². The van der Waals surface area contributed by atoms with Crippen molar-refractivity contribution in [2.75, 3.05) is 11.9 Å². The highest BCUT2D eigenvalue weighted by molar-refractivity contribution is 5.78. The van der Waals surface area contributed by atoms with Gasteiger partial charge in [0.05, 0.1) is 0 Å². The van der Waals surface area contributed by atoms with Crippen molar-refractivity contribution in [2.45, 2.75) is 39.5 Å². The van der Waals surface area contributed by atoms with Crippen molar-refractivity contribution in [3.63, 3.8) is 0 Å². The zero-order chi connectivity index (χ0) is 20.0. The zero-order valence-corrected chi connectivity index (χ0v) is 16.3. The molecule has 2 aromatic rings. The number of halogens is 2. The summed E-state index contributed by atoms with van der Waals surface area (Å²) < 4.78 is 26.7. The highest BCUT2D eigenvalue weighted by Crippen LogP contribution is 2.29. The number of alkyl halides is 2. The van der Waals surface area contributed by atoms with Gasteiger partial charge in [-0.2, -0.15) is 0 Å². The summed E-state index contributed by atoms with van der Waals surface area (Å²) in [5, 5.41) is 6.63. The molecule has 0 aliphatic heterocycles. The van der Waals surface area contributed by atoms with E-state index in [4.69, 9.17) is 0 Å². The van der Waals surface area contributed by atoms with E-state index in [1.54, 1.807) is 12.1 Å². The number of nitrogens with one attached hydrogen (secondary N) is 2. The summed E-state index contributed by atoms with van der Waals surface area (Å²) in [6.45, 7) is 14.1. The Balaban J connectivity index is 2.13. The number of unbranched alkanes of at least 4 members (excludes halogenated alkanes) is 1. The molecule has 0 bridgehead atoms. The summed E-state index contributed by atoms with van der Waals surface area (Å²) in [6.07, 6.45) is 2.23. The molecule has 0 aliphatic carbocycles. The molecule has 2 nitrogen and oxygen atoms in total. The third-order valence-electron chi connectivity index (χ3n) is 4.48. The van der Waals surface area contributed by atoms with Gasteiger partial charge in [-0.3, -0.25) is 0 Å². The van der Waals surface area contributed by atoms with Crippen LogP contribution in [0.25, 0.3) is 11.4 Å². The lowest BCUT2D eigenvalue weighted by atomic mass is 10.0. The van der Waals surface area contributed by atoms with Crippen molar-refractivity contribution < 1.29 is 8.78 Å². The molecule has 144 valence electrons. The first-order valence-electron chi connectivity index (χ1n) is 9.21. The van der Waals surface area contributed by atoms with E-state index in [2.05, 4.69) is 30.7 Å². The number of rotatable bonds is 9. The van der Waals surface area contributed by atoms with Crippen LogP contribution in [-0.2, 0) is 5.92 Å². The van der Waals surface area contributed by atoms with Crippen LogP contribution in [0.5, 0.6) is 0 Å². The Morgan fingerprint density at radius 3 is 2.22 bits per heavy atom. The molecule has 0 saturated carbocycles. The lowest BCUT2D eigenvalue weighted by Gasteiger charge is -2.16. The Hall–Kier alpha value is -2.62. The minimum absolute atomic E-state index is 0.00770. The second kappa shape index (κ2) is 8.85. The number of aryl methyl sites for hydroxylation is 1. The fourth-order valence-corrected chi connectivity index (χ4v) is 2.66. The monoisotopic (exact) mass is 370 g/mol. The molecule has 0 fully saturated rings. The Morgan fingerprint density at radius 1 is 1.00 bits per heavy atom. The smallest absolute Gasteiger partial charge is 0.270 e. The first kappa shape index (κ1) is 20.7. The van der Waals surface area contributed by atoms with Gasteiger partial charge in [0.25, 0.3) is 5.92 Å². The van der Waals surface area contributed by atoms with Crippen LogP contribution in [0, 0.1) is 6.92 Å². The molecule has 2 aromatic carbocycles. The Morgan fingerprint density at radius 2 is 1.63 bits per heavy atom. The minimum atomic E-state index is -2.84. The number of benzene rings is 2. The molecule has 0 unspecified atom stereocenters. The molecule has 0 aromatic heterocycles. The van der Waals surface area contributed by atoms with E-state index in [-0.39, 0.29) is 5.56 Å². The van der Waals surface area contributed by atoms with Crippen LogP contribution in [0.15, 0.2) is 55.6 Å². The molecule has 0 spiro atoms. The molecule has 0 radical (unpaired) electrons. The maximum Gasteiger partial charge on any atom is 0.270 e. The third kappa shape index (κ3) is 5.68. The van der Waals surface area contributed by atoms with E-state index in [1.165, 1.54) is 12.1 Å². The van der Waals surface area contributed by atoms with Crippen molar-refractivity contribution in [3.05, 3.63) is 77.9 Å². The van der Waals surface area contributed by atoms with Gasteiger partial charge in [-0.15, -0.1) is 0 Å². The highest BCUT2D eigenvalue weighted by Gasteiger charge is 2.23. The quantitative estimate of drug-likeness (QED) is 0.489. The normalized spacial score (nSPS) is 11.1. The molecule has 0 aliphatic rings. The van der Waals surface area contributed by atoms with E-state index in [1.807, 2.05) is 25.1 Å². The standard InChI is InChI=1S/C23H28F2N2/c1-6-7-14-26-17(3)20-9-8-16(2)22(15-20)27-18(4)19-10-12-21(13-11-19)23(5,24)25/h8-13,15,26-27H,3-4,6-7,14H2,1-2,5H3. The first-order chi connectivity index (χ1) is 12.7. The maximum atomic E-state index is 13.4. The number of hydrogen-bond donors (Lipinski definition) is 2. The SMILES string of the molecule is C=C(NCCCC)c1ccc(C)c(NC(=C)c2ccc(C(C)(F)F)cc2)c1. The van der Waals surface area contributed by atoms with Gasteiger partial charge in [0.1, 0.15) is 0 Å². The van der Waals surface area contributed by atoms with Crippen LogP contribution in [-0.4, -0.2) is 6.54 Å². The van der Waals surface area contributed by atoms with Crippen LogP contribution >= 0.6 is 0 Å². The van der Waals surface area contributed by atoms with Gasteiger partial charge in [-0.1, -0.05) is 62.9 Å². The average Bonchev–Trinajstić information content (AvgIpc) is 2.63. The molecule has 2 N–H and O–H groups in total. The van der Waals surface area contributed by atoms with Gasteiger partial charge >= 0.3 is 0 Å². The van der Waals surface area contributed by atoms with Crippen molar-refractivity contribution in [3.8, 4) is 0 Å². The Bertz CT molecular complexity index is 802. The van der Waals surface area contributed by atoms with E-state index in [0.717, 1.165) is 54.4 Å². The largest absolute Gasteiger partial charge is 0.385 e. The molecular weight excluding hydrogens is 342 g/mol. The van der Waals surface area contributed by atoms with Crippen LogP contribution in [0.2, 0.25) is 0 Å². The Kier molecular flexibility index (Phi) is 6.78. The molecule has 2 rings (SSSR count). The first-order valence-corrected chi connectivity index (χ1v) is 9.21. The lowest BCUT2D eigenvalue weighted by Crippen LogP contribution is -2.13. The Labute approximate surface area is 161 Å². The van der Waals surface area contributed by atoms with E-state index in [9.17, 15) is 8.78 Å². The van der Waals surface area contributed by atoms with Gasteiger partial charge < -0.3 is 10.6 Å². The van der Waals surface area contributed by atoms with Crippen LogP contribution in [0.1, 0.15) is 48.9 Å². The van der Waals surface area contributed by atoms with E-state index >= 15 is 0 Å². The van der Waals surface area contributed by atoms with Crippen molar-refractivity contribution in [2.24, 2.45) is 0 Å². The predicted molar refractivity (Wildman–Crippen MR) is 112 cm³/mol. The fraction of sp³-hybridized carbons (Fsp3) is 0.304. The second-order valence-electron chi connectivity index (χ2n) is 6.86. The van der Waals surface area contributed by atoms with Crippen molar-refractivity contribution in [1.29, 1.82) is 0 Å². The molecular formula is C23H28F2N2. The van der Waals surface area contributed by atoms with Gasteiger partial charge in [-0.05, 0) is 36.1 Å². The predicted octanol–water partition coefficient (Wildman–Crippen LogP) is 6.55. The van der Waals surface area contributed by atoms with Gasteiger partial charge in [0.15, 0.2) is 0 Å². The highest BCUT2D eigenvalue weighted by atomic mass is 19.3. The zero-order valence-electron chi connectivity index (χ0n) is 16.3. The van der Waals surface area contributed by atoms with E-state index in [0.29, 0.717) is 5.70 Å². The van der Waals surface area contributed by atoms with Gasteiger partial charge in [0, 0.05) is 36.1 Å². The summed E-state index contributed by atoms with van der Waals surface area (Å²) in [5.74, 6) is -2.84. The minimum Gasteiger partial charge on any atom is -0.385 e. The third-order valence-corrected chi connectivity index (χ3v) is 4.48. The number of hydrogen-bond acceptors (Lipinski definition) is 2. The molecule has 0 amide bonds. The van der Waals surface area contributed by atoms with Gasteiger partial charge in [0.2, 0.25) is 0 Å². The second-order valence-corrected chi connectivity index (χ2v) is 6.86. The molecule has 0 atom stereocenters. The van der Waals surface area contributed by atoms with Crippen LogP contribution in [0.3, 0.4) is 0 Å². The summed E-state index contributed by atoms with van der Waals surface area (Å²) in [4.78, 5) is 0. The summed E-state index contributed by atoms with van der Waals surface area (Å²) in [7, 11) is 0. The summed E-state index contributed by atoms with van der Waals surface area (Å²) in [5.41, 5.74) is 5.29. The van der Waals surface area contributed by atoms with Gasteiger partial charge in [-0.25, -0.2) is 8.78 Å². The van der Waals surface area contributed by atoms with E-state index < -0.39 is 5.92 Å². The van der Waals surface area contributed by atoms with Crippen molar-refractivity contribution >= 4 is 17.1 Å². The molecule has 0 saturated heterocycles. The molecule has 27 heavy (non-hydrogen) atoms. The topological polar surface area (TPSA) is 24.1 Å². The summed E-state index contributed by atoms with van der Waals surface area (Å²) in [6, 6.07) is 12.3. The average molecular weight is 370 g/mol. The van der Waals surface area contributed by atoms with Crippen LogP contribution < -0.4 is 10.6 Å². The lowest BCUT2D eigenvalue weighted by molar-refractivity contribution is 0.0175. The molecule has 4 heteroatoms. The van der Waals surface area contributed by atoms with Crippen molar-refractivity contribution in [1.82, 2.24) is 5.32 Å². The fourth-order valence-electron chi connectivity index (χ4n) is 2.66. The summed E-state index contributed by atoms with van der Waals surface area (Å²) >= 11 is 0. The number of anilines is 1. The maximum absolute atomic E-state index is 13.4.